The molecular weight excluding hydrogens is 360 g/mol. The van der Waals surface area contributed by atoms with Gasteiger partial charge in [0.15, 0.2) is 0 Å². The van der Waals surface area contributed by atoms with Crippen LogP contribution in [0, 0.1) is 18.8 Å². The van der Waals surface area contributed by atoms with E-state index in [0.717, 1.165) is 49.6 Å². The fourth-order valence-corrected chi connectivity index (χ4v) is 4.07. The van der Waals surface area contributed by atoms with Gasteiger partial charge in [0.2, 0.25) is 11.9 Å². The molecule has 0 saturated carbocycles. The van der Waals surface area contributed by atoms with E-state index in [0.29, 0.717) is 5.92 Å². The number of hydrogen-bond acceptors (Lipinski definition) is 3. The van der Waals surface area contributed by atoms with Crippen LogP contribution >= 0.6 is 0 Å². The standard InChI is InChI=1S/C24H30N4O/c1-17(2)16-28-22-7-5-4-6-21(22)26-24(28)27-14-12-19(13-15-27)23(29)25-20-10-8-18(3)9-11-20/h4-11,17,19H,12-16H2,1-3H3,(H,25,29). The molecule has 1 N–H and O–H groups in total. The summed E-state index contributed by atoms with van der Waals surface area (Å²) in [6.07, 6.45) is 1.70. The van der Waals surface area contributed by atoms with Crippen LogP contribution in [0.2, 0.25) is 0 Å². The highest BCUT2D eigenvalue weighted by molar-refractivity contribution is 5.92. The molecule has 3 aromatic rings. The largest absolute Gasteiger partial charge is 0.342 e. The molecule has 0 radical (unpaired) electrons. The summed E-state index contributed by atoms with van der Waals surface area (Å²) in [5.41, 5.74) is 4.31. The Labute approximate surface area is 172 Å². The second-order valence-electron chi connectivity index (χ2n) is 8.52. The Bertz CT molecular complexity index is 982. The van der Waals surface area contributed by atoms with Gasteiger partial charge in [0, 0.05) is 31.2 Å². The summed E-state index contributed by atoms with van der Waals surface area (Å²) in [5, 5.41) is 3.07. The number of carbonyl (C=O) groups is 1. The van der Waals surface area contributed by atoms with Crippen molar-refractivity contribution in [2.45, 2.75) is 40.2 Å². The molecule has 29 heavy (non-hydrogen) atoms. The molecule has 0 bridgehead atoms. The zero-order chi connectivity index (χ0) is 20.4. The Morgan fingerprint density at radius 2 is 1.79 bits per heavy atom. The molecule has 0 atom stereocenters. The monoisotopic (exact) mass is 390 g/mol. The van der Waals surface area contributed by atoms with Gasteiger partial charge in [-0.05, 0) is 49.9 Å². The molecule has 5 nitrogen and oxygen atoms in total. The van der Waals surface area contributed by atoms with E-state index in [-0.39, 0.29) is 11.8 Å². The summed E-state index contributed by atoms with van der Waals surface area (Å²) in [6, 6.07) is 16.3. The summed E-state index contributed by atoms with van der Waals surface area (Å²) in [4.78, 5) is 20.0. The lowest BCUT2D eigenvalue weighted by Crippen LogP contribution is -2.39. The highest BCUT2D eigenvalue weighted by atomic mass is 16.1. The number of nitrogens with one attached hydrogen (secondary N) is 1. The molecule has 2 aromatic carbocycles. The van der Waals surface area contributed by atoms with Crippen LogP contribution in [-0.4, -0.2) is 28.5 Å². The van der Waals surface area contributed by atoms with Crippen LogP contribution in [0.1, 0.15) is 32.3 Å². The number of hydrogen-bond donors (Lipinski definition) is 1. The van der Waals surface area contributed by atoms with Crippen LogP contribution < -0.4 is 10.2 Å². The van der Waals surface area contributed by atoms with Gasteiger partial charge in [0.1, 0.15) is 0 Å². The third-order valence-corrected chi connectivity index (χ3v) is 5.65. The van der Waals surface area contributed by atoms with E-state index < -0.39 is 0 Å². The van der Waals surface area contributed by atoms with Crippen LogP contribution in [-0.2, 0) is 11.3 Å². The molecule has 1 fully saturated rings. The third kappa shape index (κ3) is 4.29. The topological polar surface area (TPSA) is 50.2 Å². The predicted molar refractivity (Wildman–Crippen MR) is 119 cm³/mol. The Balaban J connectivity index is 1.45. The first-order chi connectivity index (χ1) is 14.0. The lowest BCUT2D eigenvalue weighted by molar-refractivity contribution is -0.120. The van der Waals surface area contributed by atoms with Crippen molar-refractivity contribution in [1.82, 2.24) is 9.55 Å². The van der Waals surface area contributed by atoms with E-state index in [1.54, 1.807) is 0 Å². The second kappa shape index (κ2) is 8.27. The van der Waals surface area contributed by atoms with Gasteiger partial charge in [0.25, 0.3) is 0 Å². The fourth-order valence-electron chi connectivity index (χ4n) is 4.07. The maximum absolute atomic E-state index is 12.7. The number of aryl methyl sites for hydroxylation is 1. The van der Waals surface area contributed by atoms with Gasteiger partial charge in [0.05, 0.1) is 11.0 Å². The van der Waals surface area contributed by atoms with E-state index in [4.69, 9.17) is 4.98 Å². The first-order valence-electron chi connectivity index (χ1n) is 10.6. The maximum Gasteiger partial charge on any atom is 0.227 e. The van der Waals surface area contributed by atoms with Crippen LogP contribution in [0.15, 0.2) is 48.5 Å². The molecule has 1 amide bonds. The number of para-hydroxylation sites is 2. The molecule has 152 valence electrons. The lowest BCUT2D eigenvalue weighted by Gasteiger charge is -2.32. The molecule has 1 aliphatic heterocycles. The predicted octanol–water partition coefficient (Wildman–Crippen LogP) is 4.86. The summed E-state index contributed by atoms with van der Waals surface area (Å²) in [6.45, 7) is 9.18. The van der Waals surface area contributed by atoms with Gasteiger partial charge in [-0.25, -0.2) is 4.98 Å². The molecular formula is C24H30N4O. The van der Waals surface area contributed by atoms with Gasteiger partial charge < -0.3 is 14.8 Å². The molecule has 0 spiro atoms. The molecule has 0 unspecified atom stereocenters. The highest BCUT2D eigenvalue weighted by Crippen LogP contribution is 2.28. The van der Waals surface area contributed by atoms with Gasteiger partial charge >= 0.3 is 0 Å². The van der Waals surface area contributed by atoms with E-state index in [1.807, 2.05) is 37.3 Å². The molecule has 0 aliphatic carbocycles. The molecule has 1 aromatic heterocycles. The van der Waals surface area contributed by atoms with Crippen molar-refractivity contribution in [2.24, 2.45) is 11.8 Å². The minimum Gasteiger partial charge on any atom is -0.342 e. The van der Waals surface area contributed by atoms with Crippen molar-refractivity contribution in [3.63, 3.8) is 0 Å². The van der Waals surface area contributed by atoms with Crippen molar-refractivity contribution >= 4 is 28.6 Å². The van der Waals surface area contributed by atoms with E-state index >= 15 is 0 Å². The van der Waals surface area contributed by atoms with Crippen molar-refractivity contribution in [2.75, 3.05) is 23.3 Å². The van der Waals surface area contributed by atoms with Crippen molar-refractivity contribution in [1.29, 1.82) is 0 Å². The number of piperidine rings is 1. The molecule has 1 saturated heterocycles. The van der Waals surface area contributed by atoms with Crippen molar-refractivity contribution in [3.8, 4) is 0 Å². The van der Waals surface area contributed by atoms with Crippen molar-refractivity contribution < 1.29 is 4.79 Å². The Kier molecular flexibility index (Phi) is 5.56. The van der Waals surface area contributed by atoms with Crippen LogP contribution in [0.3, 0.4) is 0 Å². The average molecular weight is 391 g/mol. The smallest absolute Gasteiger partial charge is 0.227 e. The highest BCUT2D eigenvalue weighted by Gasteiger charge is 2.28. The maximum atomic E-state index is 12.7. The summed E-state index contributed by atoms with van der Waals surface area (Å²) >= 11 is 0. The normalized spacial score (nSPS) is 15.2. The number of fused-ring (bicyclic) bond motifs is 1. The minimum absolute atomic E-state index is 0.0514. The number of imidazole rings is 1. The Hall–Kier alpha value is -2.82. The summed E-state index contributed by atoms with van der Waals surface area (Å²) in [7, 11) is 0. The summed E-state index contributed by atoms with van der Waals surface area (Å²) < 4.78 is 2.34. The Morgan fingerprint density at radius 1 is 1.10 bits per heavy atom. The zero-order valence-electron chi connectivity index (χ0n) is 17.6. The number of rotatable bonds is 5. The average Bonchev–Trinajstić information content (AvgIpc) is 3.08. The molecule has 2 heterocycles. The van der Waals surface area contributed by atoms with E-state index in [9.17, 15) is 4.79 Å². The van der Waals surface area contributed by atoms with Gasteiger partial charge in [-0.2, -0.15) is 0 Å². The first kappa shape index (κ1) is 19.5. The second-order valence-corrected chi connectivity index (χ2v) is 8.52. The van der Waals surface area contributed by atoms with E-state index in [1.165, 1.54) is 11.1 Å². The van der Waals surface area contributed by atoms with Crippen LogP contribution in [0.25, 0.3) is 11.0 Å². The zero-order valence-corrected chi connectivity index (χ0v) is 17.6. The first-order valence-corrected chi connectivity index (χ1v) is 10.6. The number of benzene rings is 2. The SMILES string of the molecule is Cc1ccc(NC(=O)C2CCN(c3nc4ccccc4n3CC(C)C)CC2)cc1. The molecule has 4 rings (SSSR count). The Morgan fingerprint density at radius 3 is 2.48 bits per heavy atom. The van der Waals surface area contributed by atoms with Gasteiger partial charge in [-0.3, -0.25) is 4.79 Å². The minimum atomic E-state index is 0.0514. The van der Waals surface area contributed by atoms with Crippen LogP contribution in [0.5, 0.6) is 0 Å². The fraction of sp³-hybridized carbons (Fsp3) is 0.417. The number of aromatic nitrogens is 2. The van der Waals surface area contributed by atoms with Gasteiger partial charge in [-0.15, -0.1) is 0 Å². The van der Waals surface area contributed by atoms with E-state index in [2.05, 4.69) is 46.8 Å². The third-order valence-electron chi connectivity index (χ3n) is 5.65. The van der Waals surface area contributed by atoms with Crippen molar-refractivity contribution in [3.05, 3.63) is 54.1 Å². The number of nitrogens with zero attached hydrogens (tertiary/aromatic N) is 3. The molecule has 5 heteroatoms. The number of anilines is 2. The van der Waals surface area contributed by atoms with Gasteiger partial charge in [-0.1, -0.05) is 43.7 Å². The lowest BCUT2D eigenvalue weighted by atomic mass is 9.96. The summed E-state index contributed by atoms with van der Waals surface area (Å²) in [5.74, 6) is 1.76. The van der Waals surface area contributed by atoms with Crippen LogP contribution in [0.4, 0.5) is 11.6 Å². The number of amides is 1. The number of carbonyl (C=O) groups excluding carboxylic acids is 1. The quantitative estimate of drug-likeness (QED) is 0.677. The molecule has 1 aliphatic rings.